The molecular weight excluding hydrogens is 599 g/mol. The Morgan fingerprint density at radius 3 is 2.76 bits per heavy atom. The Kier molecular flexibility index (Phi) is 8.17. The molecule has 1 aromatic carbocycles. The standard InChI is InChI=1S/C31H37F5N6O3/c1-4-24(43)40-8-9-42(18(3)13-40)28-20-15-44-23(25-26(31(34,35)36)17(2)10-21(37)27(25)33)11-22(20)38-29(39-28)45-16-30-6-5-7-41(30)14-19(32)12-30/h4,10,18-19,23H,1,5-9,11-16,37H2,2-3H3/t18?,19?,23?,30-/m0/s1. The number of alkyl halides is 4. The van der Waals surface area contributed by atoms with Crippen LogP contribution in [-0.2, 0) is 28.7 Å². The number of amides is 1. The van der Waals surface area contributed by atoms with Crippen molar-refractivity contribution < 1.29 is 36.2 Å². The molecule has 0 spiro atoms. The van der Waals surface area contributed by atoms with E-state index in [-0.39, 0.29) is 43.2 Å². The van der Waals surface area contributed by atoms with Gasteiger partial charge in [-0.15, -0.1) is 0 Å². The minimum Gasteiger partial charge on any atom is -0.461 e. The summed E-state index contributed by atoms with van der Waals surface area (Å²) in [5, 5.41) is 0. The van der Waals surface area contributed by atoms with Gasteiger partial charge in [-0.1, -0.05) is 6.58 Å². The number of nitrogens with two attached hydrogens (primary N) is 1. The third kappa shape index (κ3) is 5.71. The molecule has 14 heteroatoms. The van der Waals surface area contributed by atoms with Gasteiger partial charge in [-0.3, -0.25) is 9.69 Å². The summed E-state index contributed by atoms with van der Waals surface area (Å²) < 4.78 is 84.5. The van der Waals surface area contributed by atoms with Crippen LogP contribution in [0, 0.1) is 12.7 Å². The number of nitrogens with zero attached hydrogens (tertiary/aromatic N) is 5. The van der Waals surface area contributed by atoms with Gasteiger partial charge in [-0.05, 0) is 50.9 Å². The van der Waals surface area contributed by atoms with Crippen LogP contribution in [0.4, 0.5) is 33.5 Å². The highest BCUT2D eigenvalue weighted by molar-refractivity contribution is 5.87. The third-order valence-electron chi connectivity index (χ3n) is 9.61. The van der Waals surface area contributed by atoms with E-state index in [2.05, 4.69) is 16.5 Å². The summed E-state index contributed by atoms with van der Waals surface area (Å²) in [4.78, 5) is 27.4. The normalized spacial score (nSPS) is 27.0. The Morgan fingerprint density at radius 2 is 2.04 bits per heavy atom. The van der Waals surface area contributed by atoms with Crippen molar-refractivity contribution in [2.45, 2.75) is 76.2 Å². The van der Waals surface area contributed by atoms with E-state index in [1.807, 2.05) is 11.8 Å². The lowest BCUT2D eigenvalue weighted by atomic mass is 9.91. The average Bonchev–Trinajstić information content (AvgIpc) is 3.51. The van der Waals surface area contributed by atoms with Crippen LogP contribution in [0.2, 0.25) is 0 Å². The SMILES string of the molecule is C=CC(=O)N1CCN(c2nc(OC[C@@]34CCCN3CC(F)C4)nc3c2COC(c2c(F)c(N)cc(C)c2C(F)(F)F)C3)C(C)C1. The molecule has 1 amide bonds. The van der Waals surface area contributed by atoms with Crippen LogP contribution in [0.3, 0.4) is 0 Å². The number of ether oxygens (including phenoxy) is 2. The van der Waals surface area contributed by atoms with Gasteiger partial charge in [-0.2, -0.15) is 23.1 Å². The molecule has 3 fully saturated rings. The molecule has 3 saturated heterocycles. The maximum Gasteiger partial charge on any atom is 0.417 e. The first-order chi connectivity index (χ1) is 21.3. The lowest BCUT2D eigenvalue weighted by molar-refractivity contribution is -0.140. The first-order valence-electron chi connectivity index (χ1n) is 15.2. The second-order valence-electron chi connectivity index (χ2n) is 12.5. The van der Waals surface area contributed by atoms with Crippen LogP contribution in [0.15, 0.2) is 18.7 Å². The van der Waals surface area contributed by atoms with E-state index >= 15 is 4.39 Å². The number of anilines is 2. The van der Waals surface area contributed by atoms with Gasteiger partial charge in [0, 0.05) is 56.2 Å². The van der Waals surface area contributed by atoms with Crippen molar-refractivity contribution in [3.05, 3.63) is 52.5 Å². The zero-order chi connectivity index (χ0) is 32.3. The summed E-state index contributed by atoms with van der Waals surface area (Å²) in [6.07, 6.45) is -4.02. The highest BCUT2D eigenvalue weighted by Crippen LogP contribution is 2.45. The predicted molar refractivity (Wildman–Crippen MR) is 156 cm³/mol. The number of carbonyl (C=O) groups is 1. The fourth-order valence-corrected chi connectivity index (χ4v) is 7.49. The number of hydrogen-bond acceptors (Lipinski definition) is 8. The molecule has 5 heterocycles. The quantitative estimate of drug-likeness (QED) is 0.281. The Morgan fingerprint density at radius 1 is 1.27 bits per heavy atom. The summed E-state index contributed by atoms with van der Waals surface area (Å²) >= 11 is 0. The van der Waals surface area contributed by atoms with E-state index < -0.39 is 46.6 Å². The molecule has 45 heavy (non-hydrogen) atoms. The number of benzene rings is 1. The van der Waals surface area contributed by atoms with E-state index in [0.29, 0.717) is 49.7 Å². The van der Waals surface area contributed by atoms with Gasteiger partial charge in [0.25, 0.3) is 0 Å². The molecule has 2 aromatic rings. The summed E-state index contributed by atoms with van der Waals surface area (Å²) in [5.41, 5.74) is 3.84. The maximum atomic E-state index is 15.4. The molecule has 0 saturated carbocycles. The van der Waals surface area contributed by atoms with Crippen molar-refractivity contribution in [1.29, 1.82) is 0 Å². The van der Waals surface area contributed by atoms with Gasteiger partial charge in [0.15, 0.2) is 5.82 Å². The molecular formula is C31H37F5N6O3. The smallest absolute Gasteiger partial charge is 0.417 e. The molecule has 2 N–H and O–H groups in total. The van der Waals surface area contributed by atoms with E-state index in [1.54, 1.807) is 4.90 Å². The topological polar surface area (TPSA) is 97.0 Å². The van der Waals surface area contributed by atoms with Gasteiger partial charge in [0.2, 0.25) is 5.91 Å². The molecule has 6 rings (SSSR count). The zero-order valence-electron chi connectivity index (χ0n) is 25.3. The number of carbonyl (C=O) groups excluding carboxylic acids is 1. The second kappa shape index (κ2) is 11.7. The van der Waals surface area contributed by atoms with E-state index in [0.717, 1.165) is 25.5 Å². The predicted octanol–water partition coefficient (Wildman–Crippen LogP) is 4.52. The van der Waals surface area contributed by atoms with Crippen LogP contribution in [0.25, 0.3) is 0 Å². The van der Waals surface area contributed by atoms with Crippen LogP contribution >= 0.6 is 0 Å². The van der Waals surface area contributed by atoms with Gasteiger partial charge in [-0.25, -0.2) is 8.78 Å². The Labute approximate surface area is 258 Å². The maximum absolute atomic E-state index is 15.4. The number of halogens is 5. The van der Waals surface area contributed by atoms with Crippen LogP contribution in [0.1, 0.15) is 60.2 Å². The number of aromatic nitrogens is 2. The molecule has 0 bridgehead atoms. The lowest BCUT2D eigenvalue weighted by Crippen LogP contribution is -2.54. The van der Waals surface area contributed by atoms with E-state index in [4.69, 9.17) is 20.2 Å². The van der Waals surface area contributed by atoms with Gasteiger partial charge in [0.1, 0.15) is 18.6 Å². The highest BCUT2D eigenvalue weighted by Gasteiger charge is 2.49. The summed E-state index contributed by atoms with van der Waals surface area (Å²) in [7, 11) is 0. The van der Waals surface area contributed by atoms with Crippen molar-refractivity contribution in [2.24, 2.45) is 0 Å². The molecule has 9 nitrogen and oxygen atoms in total. The van der Waals surface area contributed by atoms with Crippen molar-refractivity contribution >= 4 is 17.4 Å². The van der Waals surface area contributed by atoms with Crippen molar-refractivity contribution in [3.8, 4) is 6.01 Å². The monoisotopic (exact) mass is 636 g/mol. The fraction of sp³-hybridized carbons (Fsp3) is 0.581. The van der Waals surface area contributed by atoms with Gasteiger partial charge >= 0.3 is 12.2 Å². The van der Waals surface area contributed by atoms with Crippen molar-refractivity contribution in [2.75, 3.05) is 50.0 Å². The number of aryl methyl sites for hydroxylation is 1. The molecule has 3 unspecified atom stereocenters. The largest absolute Gasteiger partial charge is 0.461 e. The second-order valence-corrected chi connectivity index (χ2v) is 12.5. The van der Waals surface area contributed by atoms with Gasteiger partial charge in [0.05, 0.1) is 35.2 Å². The Balaban J connectivity index is 1.37. The first-order valence-corrected chi connectivity index (χ1v) is 15.2. The number of hydrogen-bond donors (Lipinski definition) is 1. The van der Waals surface area contributed by atoms with Crippen LogP contribution < -0.4 is 15.4 Å². The summed E-state index contributed by atoms with van der Waals surface area (Å²) in [6, 6.07) is 0.786. The number of nitrogen functional groups attached to an aromatic ring is 1. The first kappa shape index (κ1) is 31.5. The molecule has 4 atom stereocenters. The summed E-state index contributed by atoms with van der Waals surface area (Å²) in [6.45, 7) is 9.03. The highest BCUT2D eigenvalue weighted by atomic mass is 19.4. The Bertz CT molecular complexity index is 1510. The van der Waals surface area contributed by atoms with E-state index in [9.17, 15) is 22.4 Å². The Hall–Kier alpha value is -3.52. The van der Waals surface area contributed by atoms with E-state index in [1.165, 1.54) is 13.0 Å². The molecule has 1 aromatic heterocycles. The fourth-order valence-electron chi connectivity index (χ4n) is 7.49. The molecule has 0 radical (unpaired) electrons. The number of fused-ring (bicyclic) bond motifs is 2. The minimum absolute atomic E-state index is 0.00463. The number of rotatable bonds is 6. The third-order valence-corrected chi connectivity index (χ3v) is 9.61. The van der Waals surface area contributed by atoms with Crippen molar-refractivity contribution in [1.82, 2.24) is 19.8 Å². The zero-order valence-corrected chi connectivity index (χ0v) is 25.3. The summed E-state index contributed by atoms with van der Waals surface area (Å²) in [5.74, 6) is -0.891. The van der Waals surface area contributed by atoms with Gasteiger partial charge < -0.3 is 25.0 Å². The van der Waals surface area contributed by atoms with Crippen LogP contribution in [-0.4, -0.2) is 82.8 Å². The lowest BCUT2D eigenvalue weighted by Gasteiger charge is -2.41. The molecule has 4 aliphatic rings. The molecule has 4 aliphatic heterocycles. The number of piperazine rings is 1. The minimum atomic E-state index is -4.84. The molecule has 0 aliphatic carbocycles. The average molecular weight is 637 g/mol. The van der Waals surface area contributed by atoms with Crippen molar-refractivity contribution in [3.63, 3.8) is 0 Å². The molecule has 244 valence electrons. The van der Waals surface area contributed by atoms with Crippen LogP contribution in [0.5, 0.6) is 6.01 Å².